The number of benzene rings is 2. The molecule has 0 bridgehead atoms. The molecule has 4 nitrogen and oxygen atoms in total. The van der Waals surface area contributed by atoms with E-state index in [1.54, 1.807) is 6.92 Å². The molecule has 1 unspecified atom stereocenters. The van der Waals surface area contributed by atoms with E-state index in [-0.39, 0.29) is 5.91 Å². The fourth-order valence-corrected chi connectivity index (χ4v) is 2.23. The first-order valence-corrected chi connectivity index (χ1v) is 7.33. The number of rotatable bonds is 5. The number of aryl methyl sites for hydroxylation is 2. The maximum Gasteiger partial charge on any atom is 0.265 e. The summed E-state index contributed by atoms with van der Waals surface area (Å²) in [5.74, 6) is 0.526. The Morgan fingerprint density at radius 1 is 1.14 bits per heavy atom. The normalized spacial score (nSPS) is 11.8. The summed E-state index contributed by atoms with van der Waals surface area (Å²) in [5, 5.41) is 2.84. The predicted octanol–water partition coefficient (Wildman–Crippen LogP) is 3.17. The summed E-state index contributed by atoms with van der Waals surface area (Å²) in [7, 11) is 0. The lowest BCUT2D eigenvalue weighted by Crippen LogP contribution is -2.30. The highest BCUT2D eigenvalue weighted by Gasteiger charge is 2.15. The van der Waals surface area contributed by atoms with Crippen LogP contribution in [0.3, 0.4) is 0 Å². The molecular formula is C18H22N2O2. The summed E-state index contributed by atoms with van der Waals surface area (Å²) >= 11 is 0. The molecule has 0 heterocycles. The van der Waals surface area contributed by atoms with Gasteiger partial charge < -0.3 is 15.8 Å². The van der Waals surface area contributed by atoms with Crippen molar-refractivity contribution in [1.29, 1.82) is 0 Å². The second kappa shape index (κ2) is 7.09. The quantitative estimate of drug-likeness (QED) is 0.891. The highest BCUT2D eigenvalue weighted by molar-refractivity contribution is 5.94. The van der Waals surface area contributed by atoms with Gasteiger partial charge in [-0.2, -0.15) is 0 Å². The van der Waals surface area contributed by atoms with Crippen molar-refractivity contribution in [3.63, 3.8) is 0 Å². The molecule has 4 heteroatoms. The molecule has 0 saturated carbocycles. The average Bonchev–Trinajstić information content (AvgIpc) is 2.46. The second-order valence-corrected chi connectivity index (χ2v) is 5.47. The van der Waals surface area contributed by atoms with Gasteiger partial charge in [-0.15, -0.1) is 0 Å². The van der Waals surface area contributed by atoms with E-state index < -0.39 is 6.10 Å². The Morgan fingerprint density at radius 3 is 2.27 bits per heavy atom. The summed E-state index contributed by atoms with van der Waals surface area (Å²) in [5.41, 5.74) is 9.53. The zero-order valence-electron chi connectivity index (χ0n) is 13.2. The van der Waals surface area contributed by atoms with Gasteiger partial charge in [0.1, 0.15) is 5.75 Å². The molecule has 0 aromatic heterocycles. The Morgan fingerprint density at radius 2 is 1.73 bits per heavy atom. The SMILES string of the molecule is Cc1cc(C)cc(OC(C)C(=O)Nc2ccc(CN)cc2)c1. The molecule has 0 radical (unpaired) electrons. The monoisotopic (exact) mass is 298 g/mol. The van der Waals surface area contributed by atoms with Crippen LogP contribution in [0.1, 0.15) is 23.6 Å². The Kier molecular flexibility index (Phi) is 5.17. The van der Waals surface area contributed by atoms with Gasteiger partial charge >= 0.3 is 0 Å². The molecule has 0 fully saturated rings. The van der Waals surface area contributed by atoms with E-state index in [1.165, 1.54) is 0 Å². The van der Waals surface area contributed by atoms with Crippen LogP contribution in [-0.4, -0.2) is 12.0 Å². The summed E-state index contributed by atoms with van der Waals surface area (Å²) in [6.07, 6.45) is -0.574. The second-order valence-electron chi connectivity index (χ2n) is 5.47. The first kappa shape index (κ1) is 16.0. The minimum absolute atomic E-state index is 0.181. The number of ether oxygens (including phenoxy) is 1. The number of carbonyl (C=O) groups is 1. The van der Waals surface area contributed by atoms with Crippen molar-refractivity contribution < 1.29 is 9.53 Å². The fraction of sp³-hybridized carbons (Fsp3) is 0.278. The van der Waals surface area contributed by atoms with Crippen LogP contribution >= 0.6 is 0 Å². The van der Waals surface area contributed by atoms with Gasteiger partial charge in [0.25, 0.3) is 5.91 Å². The molecular weight excluding hydrogens is 276 g/mol. The molecule has 0 spiro atoms. The lowest BCUT2D eigenvalue weighted by molar-refractivity contribution is -0.122. The fourth-order valence-electron chi connectivity index (χ4n) is 2.23. The van der Waals surface area contributed by atoms with Gasteiger partial charge in [0, 0.05) is 12.2 Å². The maximum atomic E-state index is 12.2. The molecule has 1 atom stereocenters. The summed E-state index contributed by atoms with van der Waals surface area (Å²) in [6, 6.07) is 13.4. The van der Waals surface area contributed by atoms with Crippen molar-refractivity contribution in [2.24, 2.45) is 5.73 Å². The molecule has 3 N–H and O–H groups in total. The maximum absolute atomic E-state index is 12.2. The zero-order valence-corrected chi connectivity index (χ0v) is 13.2. The number of anilines is 1. The van der Waals surface area contributed by atoms with Gasteiger partial charge in [-0.05, 0) is 61.7 Å². The van der Waals surface area contributed by atoms with Gasteiger partial charge in [0.05, 0.1) is 0 Å². The summed E-state index contributed by atoms with van der Waals surface area (Å²) in [6.45, 7) is 6.23. The van der Waals surface area contributed by atoms with E-state index in [9.17, 15) is 4.79 Å². The zero-order chi connectivity index (χ0) is 16.1. The molecule has 0 aliphatic rings. The van der Waals surface area contributed by atoms with Crippen LogP contribution < -0.4 is 15.8 Å². The molecule has 0 saturated heterocycles. The van der Waals surface area contributed by atoms with Crippen LogP contribution in [-0.2, 0) is 11.3 Å². The highest BCUT2D eigenvalue weighted by atomic mass is 16.5. The van der Waals surface area contributed by atoms with Crippen molar-refractivity contribution in [3.8, 4) is 5.75 Å². The Balaban J connectivity index is 1.99. The Labute approximate surface area is 131 Å². The topological polar surface area (TPSA) is 64.3 Å². The number of nitrogens with two attached hydrogens (primary N) is 1. The van der Waals surface area contributed by atoms with Crippen molar-refractivity contribution in [2.75, 3.05) is 5.32 Å². The van der Waals surface area contributed by atoms with Crippen molar-refractivity contribution in [1.82, 2.24) is 0 Å². The number of hydrogen-bond acceptors (Lipinski definition) is 3. The molecule has 2 aromatic rings. The molecule has 0 aliphatic carbocycles. The molecule has 1 amide bonds. The minimum Gasteiger partial charge on any atom is -0.481 e. The van der Waals surface area contributed by atoms with Crippen LogP contribution in [0.4, 0.5) is 5.69 Å². The van der Waals surface area contributed by atoms with Crippen LogP contribution in [0.25, 0.3) is 0 Å². The Bertz CT molecular complexity index is 630. The minimum atomic E-state index is -0.574. The van der Waals surface area contributed by atoms with Gasteiger partial charge in [-0.3, -0.25) is 4.79 Å². The van der Waals surface area contributed by atoms with Crippen molar-refractivity contribution in [2.45, 2.75) is 33.4 Å². The number of carbonyl (C=O) groups excluding carboxylic acids is 1. The standard InChI is InChI=1S/C18H22N2O2/c1-12-8-13(2)10-17(9-12)22-14(3)18(21)20-16-6-4-15(11-19)5-7-16/h4-10,14H,11,19H2,1-3H3,(H,20,21). The first-order chi connectivity index (χ1) is 10.5. The van der Waals surface area contributed by atoms with E-state index in [0.717, 1.165) is 22.4 Å². The Hall–Kier alpha value is -2.33. The third-order valence-corrected chi connectivity index (χ3v) is 3.33. The molecule has 116 valence electrons. The van der Waals surface area contributed by atoms with Gasteiger partial charge in [-0.1, -0.05) is 18.2 Å². The molecule has 2 aromatic carbocycles. The van der Waals surface area contributed by atoms with E-state index in [4.69, 9.17) is 10.5 Å². The van der Waals surface area contributed by atoms with E-state index in [0.29, 0.717) is 12.3 Å². The molecule has 0 aliphatic heterocycles. The number of nitrogens with one attached hydrogen (secondary N) is 1. The lowest BCUT2D eigenvalue weighted by atomic mass is 10.1. The lowest BCUT2D eigenvalue weighted by Gasteiger charge is -2.16. The summed E-state index contributed by atoms with van der Waals surface area (Å²) in [4.78, 5) is 12.2. The van der Waals surface area contributed by atoms with E-state index in [2.05, 4.69) is 11.4 Å². The average molecular weight is 298 g/mol. The molecule has 2 rings (SSSR count). The number of hydrogen-bond donors (Lipinski definition) is 2. The van der Waals surface area contributed by atoms with E-state index >= 15 is 0 Å². The van der Waals surface area contributed by atoms with Crippen LogP contribution in [0.2, 0.25) is 0 Å². The number of amides is 1. The summed E-state index contributed by atoms with van der Waals surface area (Å²) < 4.78 is 5.72. The largest absolute Gasteiger partial charge is 0.481 e. The predicted molar refractivity (Wildman–Crippen MR) is 89.0 cm³/mol. The van der Waals surface area contributed by atoms with Crippen LogP contribution in [0.15, 0.2) is 42.5 Å². The molecule has 22 heavy (non-hydrogen) atoms. The van der Waals surface area contributed by atoms with Crippen molar-refractivity contribution in [3.05, 3.63) is 59.2 Å². The van der Waals surface area contributed by atoms with Crippen LogP contribution in [0, 0.1) is 13.8 Å². The van der Waals surface area contributed by atoms with E-state index in [1.807, 2.05) is 50.2 Å². The van der Waals surface area contributed by atoms with Gasteiger partial charge in [0.2, 0.25) is 0 Å². The third-order valence-electron chi connectivity index (χ3n) is 3.33. The van der Waals surface area contributed by atoms with Crippen LogP contribution in [0.5, 0.6) is 5.75 Å². The third kappa shape index (κ3) is 4.33. The first-order valence-electron chi connectivity index (χ1n) is 7.33. The van der Waals surface area contributed by atoms with Gasteiger partial charge in [0.15, 0.2) is 6.10 Å². The van der Waals surface area contributed by atoms with Crippen molar-refractivity contribution >= 4 is 11.6 Å². The van der Waals surface area contributed by atoms with Gasteiger partial charge in [-0.25, -0.2) is 0 Å². The smallest absolute Gasteiger partial charge is 0.265 e. The highest BCUT2D eigenvalue weighted by Crippen LogP contribution is 2.18.